The van der Waals surface area contributed by atoms with Gasteiger partial charge in [0.1, 0.15) is 11.6 Å². The summed E-state index contributed by atoms with van der Waals surface area (Å²) in [4.78, 5) is 27.8. The number of para-hydroxylation sites is 1. The Balaban J connectivity index is 0.000000414. The van der Waals surface area contributed by atoms with Crippen molar-refractivity contribution in [1.29, 1.82) is 0 Å². The molecule has 4 rings (SSSR count). The number of carbonyl (C=O) groups is 2. The number of piperidine rings is 1. The number of hydrogen-bond acceptors (Lipinski definition) is 6. The van der Waals surface area contributed by atoms with Crippen molar-refractivity contribution in [2.24, 2.45) is 12.0 Å². The van der Waals surface area contributed by atoms with Gasteiger partial charge in [0.2, 0.25) is 0 Å². The number of carboxylic acid groups (broad SMARTS) is 2. The van der Waals surface area contributed by atoms with E-state index in [0.717, 1.165) is 55.9 Å². The maximum absolute atomic E-state index is 12.9. The van der Waals surface area contributed by atoms with E-state index in [1.165, 1.54) is 22.3 Å². The van der Waals surface area contributed by atoms with Crippen molar-refractivity contribution in [3.05, 3.63) is 71.3 Å². The molecule has 0 unspecified atom stereocenters. The maximum atomic E-state index is 12.9. The number of rotatable bonds is 9. The van der Waals surface area contributed by atoms with E-state index in [-0.39, 0.29) is 5.82 Å². The first-order valence-electron chi connectivity index (χ1n) is 12.1. The minimum atomic E-state index is -1.26. The monoisotopic (exact) mass is 529 g/mol. The molecule has 1 aliphatic rings. The highest BCUT2D eigenvalue weighted by molar-refractivity contribution is 7.16. The third-order valence-corrected chi connectivity index (χ3v) is 7.01. The van der Waals surface area contributed by atoms with Crippen LogP contribution in [0.4, 0.5) is 4.39 Å². The van der Waals surface area contributed by atoms with Crippen molar-refractivity contribution >= 4 is 33.5 Å². The molecule has 0 aliphatic carbocycles. The number of unbranched alkanes of at least 4 members (excludes halogenated alkanes) is 1. The second-order valence-electron chi connectivity index (χ2n) is 8.63. The second kappa shape index (κ2) is 14.3. The van der Waals surface area contributed by atoms with Crippen LogP contribution < -0.4 is 9.54 Å². The Bertz CT molecular complexity index is 1250. The molecule has 8 nitrogen and oxygen atoms in total. The third kappa shape index (κ3) is 9.47. The van der Waals surface area contributed by atoms with Crippen molar-refractivity contribution in [2.75, 3.05) is 26.2 Å². The van der Waals surface area contributed by atoms with Gasteiger partial charge in [-0.25, -0.2) is 14.0 Å². The summed E-state index contributed by atoms with van der Waals surface area (Å²) in [6, 6.07) is 15.2. The van der Waals surface area contributed by atoms with Gasteiger partial charge in [-0.05, 0) is 68.6 Å². The van der Waals surface area contributed by atoms with Crippen molar-refractivity contribution in [3.8, 4) is 5.75 Å². The molecular formula is C27H32FN3O5S. The van der Waals surface area contributed by atoms with E-state index >= 15 is 0 Å². The summed E-state index contributed by atoms with van der Waals surface area (Å²) in [5, 5.41) is 15.6. The number of nitrogens with zero attached hydrogens (tertiary/aromatic N) is 3. The molecule has 198 valence electrons. The van der Waals surface area contributed by atoms with Gasteiger partial charge >= 0.3 is 11.9 Å². The lowest BCUT2D eigenvalue weighted by molar-refractivity contribution is -0.134. The predicted octanol–water partition coefficient (Wildman–Crippen LogP) is 4.32. The van der Waals surface area contributed by atoms with Crippen LogP contribution in [0.3, 0.4) is 0 Å². The van der Waals surface area contributed by atoms with Crippen LogP contribution in [0, 0.1) is 5.82 Å². The van der Waals surface area contributed by atoms with Gasteiger partial charge in [-0.1, -0.05) is 23.5 Å². The molecule has 1 saturated heterocycles. The Morgan fingerprint density at radius 2 is 1.70 bits per heavy atom. The molecule has 2 N–H and O–H groups in total. The Hall–Kier alpha value is -3.50. The zero-order valence-corrected chi connectivity index (χ0v) is 21.6. The minimum Gasteiger partial charge on any atom is -0.494 e. The number of carboxylic acids is 2. The molecule has 1 aromatic heterocycles. The van der Waals surface area contributed by atoms with Crippen LogP contribution in [0.5, 0.6) is 5.75 Å². The van der Waals surface area contributed by atoms with E-state index < -0.39 is 11.9 Å². The van der Waals surface area contributed by atoms with Crippen molar-refractivity contribution < 1.29 is 28.9 Å². The molecular weight excluding hydrogens is 497 g/mol. The minimum absolute atomic E-state index is 0.228. The zero-order valence-electron chi connectivity index (χ0n) is 20.8. The van der Waals surface area contributed by atoms with E-state index in [4.69, 9.17) is 19.9 Å². The van der Waals surface area contributed by atoms with Crippen LogP contribution in [0.1, 0.15) is 25.7 Å². The molecule has 0 bridgehead atoms. The molecule has 1 fully saturated rings. The quantitative estimate of drug-likeness (QED) is 0.316. The molecule has 10 heteroatoms. The van der Waals surface area contributed by atoms with E-state index in [1.807, 2.05) is 0 Å². The third-order valence-electron chi connectivity index (χ3n) is 5.88. The first kappa shape index (κ1) is 28.1. The zero-order chi connectivity index (χ0) is 26.6. The van der Waals surface area contributed by atoms with Gasteiger partial charge < -0.3 is 24.4 Å². The van der Waals surface area contributed by atoms with Crippen molar-refractivity contribution in [1.82, 2.24) is 9.47 Å². The van der Waals surface area contributed by atoms with Crippen LogP contribution in [-0.2, 0) is 16.6 Å². The van der Waals surface area contributed by atoms with Gasteiger partial charge in [0.05, 0.1) is 22.9 Å². The van der Waals surface area contributed by atoms with E-state index in [2.05, 4.69) is 40.8 Å². The summed E-state index contributed by atoms with van der Waals surface area (Å²) in [6.07, 6.45) is 5.50. The van der Waals surface area contributed by atoms with Crippen LogP contribution in [0.25, 0.3) is 10.2 Å². The topological polar surface area (TPSA) is 104 Å². The van der Waals surface area contributed by atoms with Gasteiger partial charge in [0.25, 0.3) is 0 Å². The number of fused-ring (bicyclic) bond motifs is 1. The lowest BCUT2D eigenvalue weighted by Crippen LogP contribution is -2.36. The highest BCUT2D eigenvalue weighted by atomic mass is 32.1. The number of halogens is 1. The largest absolute Gasteiger partial charge is 0.494 e. The smallest absolute Gasteiger partial charge is 0.328 e. The normalized spacial score (nSPS) is 15.0. The van der Waals surface area contributed by atoms with E-state index in [9.17, 15) is 14.0 Å². The highest BCUT2D eigenvalue weighted by Gasteiger charge is 2.18. The fraction of sp³-hybridized carbons (Fsp3) is 0.370. The number of aliphatic carboxylic acids is 2. The van der Waals surface area contributed by atoms with Gasteiger partial charge in [0, 0.05) is 32.3 Å². The van der Waals surface area contributed by atoms with E-state index in [0.29, 0.717) is 24.8 Å². The number of thiazole rings is 1. The Morgan fingerprint density at radius 1 is 1.05 bits per heavy atom. The molecule has 2 heterocycles. The SMILES string of the molecule is Cn1c(=NC2CCN(CCCCOc3ccc(F)cc3)CC2)sc2ccccc21.O=C(O)/C=C\C(=O)O. The Labute approximate surface area is 219 Å². The molecule has 0 spiro atoms. The van der Waals surface area contributed by atoms with Gasteiger partial charge in [-0.15, -0.1) is 0 Å². The molecule has 0 saturated carbocycles. The van der Waals surface area contributed by atoms with Crippen LogP contribution in [0.2, 0.25) is 0 Å². The van der Waals surface area contributed by atoms with Crippen molar-refractivity contribution in [2.45, 2.75) is 31.7 Å². The molecule has 0 radical (unpaired) electrons. The summed E-state index contributed by atoms with van der Waals surface area (Å²) in [7, 11) is 2.11. The number of ether oxygens (including phenoxy) is 1. The maximum Gasteiger partial charge on any atom is 0.328 e. The first-order valence-corrected chi connectivity index (χ1v) is 13.0. The van der Waals surface area contributed by atoms with Gasteiger partial charge in [-0.2, -0.15) is 0 Å². The fourth-order valence-electron chi connectivity index (χ4n) is 3.93. The lowest BCUT2D eigenvalue weighted by Gasteiger charge is -2.29. The average Bonchev–Trinajstić information content (AvgIpc) is 3.20. The lowest BCUT2D eigenvalue weighted by atomic mass is 10.1. The number of benzene rings is 2. The molecule has 0 amide bonds. The number of aromatic nitrogens is 1. The summed E-state index contributed by atoms with van der Waals surface area (Å²) in [6.45, 7) is 4.01. The molecule has 0 atom stereocenters. The Morgan fingerprint density at radius 3 is 2.32 bits per heavy atom. The Kier molecular flexibility index (Phi) is 10.8. The first-order chi connectivity index (χ1) is 17.8. The number of likely N-dealkylation sites (tertiary alicyclic amines) is 1. The van der Waals surface area contributed by atoms with Crippen molar-refractivity contribution in [3.63, 3.8) is 0 Å². The van der Waals surface area contributed by atoms with E-state index in [1.54, 1.807) is 23.5 Å². The average molecular weight is 530 g/mol. The number of aryl methyl sites for hydroxylation is 1. The molecule has 2 aromatic carbocycles. The standard InChI is InChI=1S/C23H28FN3OS.C4H4O4/c1-26-21-6-2-3-7-22(21)29-23(26)25-19-12-15-27(16-13-19)14-4-5-17-28-20-10-8-18(24)9-11-20;5-3(6)1-2-4(7)8/h2-3,6-11,19H,4-5,12-17H2,1H3;1-2H,(H,5,6)(H,7,8)/b;2-1-. The molecule has 3 aromatic rings. The molecule has 1 aliphatic heterocycles. The second-order valence-corrected chi connectivity index (χ2v) is 9.64. The van der Waals surface area contributed by atoms with Crippen LogP contribution >= 0.6 is 11.3 Å². The summed E-state index contributed by atoms with van der Waals surface area (Å²) >= 11 is 1.78. The van der Waals surface area contributed by atoms with Gasteiger partial charge in [0.15, 0.2) is 4.80 Å². The molecule has 37 heavy (non-hydrogen) atoms. The summed E-state index contributed by atoms with van der Waals surface area (Å²) in [5.41, 5.74) is 1.26. The van der Waals surface area contributed by atoms with Crippen LogP contribution in [0.15, 0.2) is 65.7 Å². The fourth-order valence-corrected chi connectivity index (χ4v) is 5.02. The predicted molar refractivity (Wildman–Crippen MR) is 141 cm³/mol. The summed E-state index contributed by atoms with van der Waals surface area (Å²) < 4.78 is 22.1. The van der Waals surface area contributed by atoms with Gasteiger partial charge in [-0.3, -0.25) is 4.99 Å². The highest BCUT2D eigenvalue weighted by Crippen LogP contribution is 2.18. The number of hydrogen-bond donors (Lipinski definition) is 2. The van der Waals surface area contributed by atoms with Crippen LogP contribution in [-0.4, -0.2) is 63.9 Å². The summed E-state index contributed by atoms with van der Waals surface area (Å²) in [5.74, 6) is -2.00.